The van der Waals surface area contributed by atoms with Gasteiger partial charge >= 0.3 is 5.97 Å². The van der Waals surface area contributed by atoms with Crippen LogP contribution in [0.2, 0.25) is 5.02 Å². The minimum Gasteiger partial charge on any atom is -0.479 e. The van der Waals surface area contributed by atoms with Crippen LogP contribution >= 0.6 is 11.6 Å². The lowest BCUT2D eigenvalue weighted by Crippen LogP contribution is -2.39. The second kappa shape index (κ2) is 7.85. The van der Waals surface area contributed by atoms with Crippen molar-refractivity contribution >= 4 is 33.3 Å². The Kier molecular flexibility index (Phi) is 6.06. The van der Waals surface area contributed by atoms with E-state index in [1.807, 2.05) is 0 Å². The fraction of sp³-hybridized carbons (Fsp3) is 0.467. The highest BCUT2D eigenvalue weighted by Crippen LogP contribution is 2.17. The maximum absolute atomic E-state index is 11.8. The molecule has 1 fully saturated rings. The summed E-state index contributed by atoms with van der Waals surface area (Å²) in [5, 5.41) is 3.08. The van der Waals surface area contributed by atoms with E-state index in [4.69, 9.17) is 21.1 Å². The Morgan fingerprint density at radius 2 is 2.00 bits per heavy atom. The van der Waals surface area contributed by atoms with Crippen LogP contribution in [0, 0.1) is 0 Å². The van der Waals surface area contributed by atoms with Crippen molar-refractivity contribution in [3.63, 3.8) is 0 Å². The lowest BCUT2D eigenvalue weighted by molar-refractivity contribution is -0.154. The molecular weight excluding hydrogens is 358 g/mol. The molecule has 9 heteroatoms. The number of nitrogens with one attached hydrogen (secondary N) is 1. The lowest BCUT2D eigenvalue weighted by atomic mass is 10.2. The van der Waals surface area contributed by atoms with Crippen molar-refractivity contribution in [3.05, 3.63) is 29.3 Å². The Balaban J connectivity index is 1.73. The van der Waals surface area contributed by atoms with Crippen molar-refractivity contribution in [3.8, 4) is 5.75 Å². The Morgan fingerprint density at radius 3 is 2.58 bits per heavy atom. The van der Waals surface area contributed by atoms with Gasteiger partial charge in [-0.05, 0) is 37.6 Å². The van der Waals surface area contributed by atoms with E-state index in [1.165, 1.54) is 6.92 Å². The first-order chi connectivity index (χ1) is 11.2. The summed E-state index contributed by atoms with van der Waals surface area (Å²) in [6, 6.07) is 6.04. The van der Waals surface area contributed by atoms with Gasteiger partial charge in [0.25, 0.3) is 5.91 Å². The average molecular weight is 376 g/mol. The average Bonchev–Trinajstić information content (AvgIpc) is 2.85. The first kappa shape index (κ1) is 18.5. The first-order valence-electron chi connectivity index (χ1n) is 7.34. The topological polar surface area (TPSA) is 98.8 Å². The summed E-state index contributed by atoms with van der Waals surface area (Å²) in [5.41, 5.74) is 0. The number of benzene rings is 1. The van der Waals surface area contributed by atoms with Gasteiger partial charge in [-0.15, -0.1) is 0 Å². The van der Waals surface area contributed by atoms with Gasteiger partial charge in [-0.25, -0.2) is 13.2 Å². The van der Waals surface area contributed by atoms with Gasteiger partial charge in [-0.3, -0.25) is 4.79 Å². The van der Waals surface area contributed by atoms with Gasteiger partial charge in [0.2, 0.25) is 0 Å². The molecule has 1 aromatic carbocycles. The number of hydrogen-bond donors (Lipinski definition) is 1. The van der Waals surface area contributed by atoms with Crippen LogP contribution in [0.3, 0.4) is 0 Å². The standard InChI is InChI=1S/C15H18ClNO6S/c1-10(23-13-4-2-11(16)3-5-13)15(19)22-8-14(18)17-12-6-7-24(20,21)9-12/h2-5,10,12H,6-9H2,1H3,(H,17,18)/t10-,12-/m0/s1. The molecule has 7 nitrogen and oxygen atoms in total. The molecule has 0 radical (unpaired) electrons. The quantitative estimate of drug-likeness (QED) is 0.743. The maximum atomic E-state index is 11.8. The lowest BCUT2D eigenvalue weighted by Gasteiger charge is -2.15. The number of sulfone groups is 1. The highest BCUT2D eigenvalue weighted by atomic mass is 35.5. The number of carbonyl (C=O) groups excluding carboxylic acids is 2. The molecule has 1 aliphatic heterocycles. The Bertz CT molecular complexity index is 703. The van der Waals surface area contributed by atoms with E-state index in [0.717, 1.165) is 0 Å². The molecule has 24 heavy (non-hydrogen) atoms. The van der Waals surface area contributed by atoms with Crippen molar-refractivity contribution in [2.45, 2.75) is 25.5 Å². The number of halogens is 1. The fourth-order valence-electron chi connectivity index (χ4n) is 2.20. The van der Waals surface area contributed by atoms with E-state index in [1.54, 1.807) is 24.3 Å². The molecule has 1 aromatic rings. The molecule has 1 aliphatic rings. The van der Waals surface area contributed by atoms with Crippen molar-refractivity contribution in [2.24, 2.45) is 0 Å². The summed E-state index contributed by atoms with van der Waals surface area (Å²) in [4.78, 5) is 23.5. The van der Waals surface area contributed by atoms with Gasteiger partial charge in [0, 0.05) is 11.1 Å². The van der Waals surface area contributed by atoms with Crippen molar-refractivity contribution < 1.29 is 27.5 Å². The van der Waals surface area contributed by atoms with Gasteiger partial charge in [-0.2, -0.15) is 0 Å². The summed E-state index contributed by atoms with van der Waals surface area (Å²) in [5.74, 6) is -0.806. The number of amides is 1. The molecule has 132 valence electrons. The Hall–Kier alpha value is -1.80. The SMILES string of the molecule is C[C@H](Oc1ccc(Cl)cc1)C(=O)OCC(=O)N[C@H]1CCS(=O)(=O)C1. The molecule has 1 amide bonds. The van der Waals surface area contributed by atoms with Crippen LogP contribution in [0.1, 0.15) is 13.3 Å². The van der Waals surface area contributed by atoms with E-state index in [2.05, 4.69) is 5.32 Å². The molecule has 1 heterocycles. The molecule has 2 atom stereocenters. The minimum absolute atomic E-state index is 0.0592. The zero-order valence-corrected chi connectivity index (χ0v) is 14.6. The molecule has 0 spiro atoms. The van der Waals surface area contributed by atoms with Gasteiger partial charge in [-0.1, -0.05) is 11.6 Å². The van der Waals surface area contributed by atoms with E-state index >= 15 is 0 Å². The van der Waals surface area contributed by atoms with Crippen LogP contribution in [0.4, 0.5) is 0 Å². The zero-order valence-electron chi connectivity index (χ0n) is 13.0. The number of ether oxygens (including phenoxy) is 2. The molecule has 1 saturated heterocycles. The van der Waals surface area contributed by atoms with Crippen LogP contribution in [-0.4, -0.2) is 50.6 Å². The Labute approximate surface area is 145 Å². The fourth-order valence-corrected chi connectivity index (χ4v) is 4.00. The second-order valence-electron chi connectivity index (χ2n) is 5.49. The number of rotatable bonds is 6. The van der Waals surface area contributed by atoms with Crippen LogP contribution in [-0.2, 0) is 24.2 Å². The highest BCUT2D eigenvalue weighted by molar-refractivity contribution is 7.91. The molecule has 0 unspecified atom stereocenters. The first-order valence-corrected chi connectivity index (χ1v) is 9.54. The zero-order chi connectivity index (χ0) is 17.7. The van der Waals surface area contributed by atoms with E-state index in [-0.39, 0.29) is 11.5 Å². The summed E-state index contributed by atoms with van der Waals surface area (Å²) < 4.78 is 32.9. The molecular formula is C15H18ClNO6S. The van der Waals surface area contributed by atoms with Crippen LogP contribution in [0.15, 0.2) is 24.3 Å². The molecule has 0 bridgehead atoms. The van der Waals surface area contributed by atoms with Crippen molar-refractivity contribution in [1.82, 2.24) is 5.32 Å². The normalized spacial score (nSPS) is 20.2. The van der Waals surface area contributed by atoms with Crippen molar-refractivity contribution in [1.29, 1.82) is 0 Å². The van der Waals surface area contributed by atoms with Gasteiger partial charge < -0.3 is 14.8 Å². The molecule has 0 aliphatic carbocycles. The number of hydrogen-bond acceptors (Lipinski definition) is 6. The van der Waals surface area contributed by atoms with Gasteiger partial charge in [0.05, 0.1) is 11.5 Å². The predicted octanol–water partition coefficient (Wildman–Crippen LogP) is 0.954. The van der Waals surface area contributed by atoms with Crippen molar-refractivity contribution in [2.75, 3.05) is 18.1 Å². The monoisotopic (exact) mass is 375 g/mol. The smallest absolute Gasteiger partial charge is 0.347 e. The third-order valence-electron chi connectivity index (χ3n) is 3.40. The summed E-state index contributed by atoms with van der Waals surface area (Å²) in [6.07, 6.45) is -0.524. The minimum atomic E-state index is -3.08. The molecule has 0 aromatic heterocycles. The maximum Gasteiger partial charge on any atom is 0.347 e. The van der Waals surface area contributed by atoms with Gasteiger partial charge in [0.1, 0.15) is 5.75 Å². The predicted molar refractivity (Wildman–Crippen MR) is 87.7 cm³/mol. The van der Waals surface area contributed by atoms with E-state index in [0.29, 0.717) is 17.2 Å². The van der Waals surface area contributed by atoms with Crippen LogP contribution < -0.4 is 10.1 Å². The Morgan fingerprint density at radius 1 is 1.33 bits per heavy atom. The molecule has 2 rings (SSSR count). The summed E-state index contributed by atoms with van der Waals surface area (Å²) in [7, 11) is -3.08. The third-order valence-corrected chi connectivity index (χ3v) is 5.42. The largest absolute Gasteiger partial charge is 0.479 e. The van der Waals surface area contributed by atoms with E-state index in [9.17, 15) is 18.0 Å². The van der Waals surface area contributed by atoms with Crippen LogP contribution in [0.25, 0.3) is 0 Å². The second-order valence-corrected chi connectivity index (χ2v) is 8.15. The highest BCUT2D eigenvalue weighted by Gasteiger charge is 2.29. The molecule has 0 saturated carbocycles. The molecule has 1 N–H and O–H groups in total. The number of carbonyl (C=O) groups is 2. The third kappa shape index (κ3) is 5.68. The van der Waals surface area contributed by atoms with Crippen LogP contribution in [0.5, 0.6) is 5.75 Å². The summed E-state index contributed by atoms with van der Waals surface area (Å²) >= 11 is 5.75. The van der Waals surface area contributed by atoms with Gasteiger partial charge in [0.15, 0.2) is 22.5 Å². The summed E-state index contributed by atoms with van der Waals surface area (Å²) in [6.45, 7) is 1.02. The van der Waals surface area contributed by atoms with E-state index < -0.39 is 40.5 Å². The number of esters is 1.